The number of hydrogen-bond acceptors (Lipinski definition) is 2. The summed E-state index contributed by atoms with van der Waals surface area (Å²) in [6.07, 6.45) is 3.78. The third-order valence-electron chi connectivity index (χ3n) is 5.15. The molecule has 0 spiro atoms. The van der Waals surface area contributed by atoms with Gasteiger partial charge in [-0.1, -0.05) is 13.8 Å². The average Bonchev–Trinajstić information content (AvgIpc) is 3.20. The molecule has 0 unspecified atom stereocenters. The van der Waals surface area contributed by atoms with Gasteiger partial charge in [-0.15, -0.1) is 0 Å². The molecule has 0 radical (unpaired) electrons. The SMILES string of the molecule is CN=C(NCCCOCC1CC1)N1CC(C)(C)C1(C)C. The number of aliphatic imine (C=N–C) groups is 1. The number of hydrogen-bond donors (Lipinski definition) is 1. The molecule has 0 aromatic rings. The second kappa shape index (κ2) is 5.92. The minimum absolute atomic E-state index is 0.164. The lowest BCUT2D eigenvalue weighted by molar-refractivity contribution is -0.0667. The van der Waals surface area contributed by atoms with Crippen molar-refractivity contribution in [1.29, 1.82) is 0 Å². The molecule has 0 aromatic heterocycles. The number of nitrogens with one attached hydrogen (secondary N) is 1. The van der Waals surface area contributed by atoms with E-state index < -0.39 is 0 Å². The molecule has 1 aliphatic heterocycles. The van der Waals surface area contributed by atoms with Crippen LogP contribution in [-0.2, 0) is 4.74 Å². The van der Waals surface area contributed by atoms with Crippen LogP contribution in [0.3, 0.4) is 0 Å². The van der Waals surface area contributed by atoms with Crippen LogP contribution in [0.15, 0.2) is 4.99 Å². The largest absolute Gasteiger partial charge is 0.381 e. The van der Waals surface area contributed by atoms with Crippen LogP contribution in [0.25, 0.3) is 0 Å². The van der Waals surface area contributed by atoms with Crippen molar-refractivity contribution < 1.29 is 4.74 Å². The van der Waals surface area contributed by atoms with E-state index in [9.17, 15) is 0 Å². The summed E-state index contributed by atoms with van der Waals surface area (Å²) in [5.74, 6) is 1.89. The van der Waals surface area contributed by atoms with E-state index >= 15 is 0 Å². The Kier molecular flexibility index (Phi) is 4.62. The van der Waals surface area contributed by atoms with E-state index in [1.54, 1.807) is 0 Å². The molecule has 2 rings (SSSR count). The van der Waals surface area contributed by atoms with Crippen LogP contribution in [-0.4, -0.2) is 49.7 Å². The molecule has 2 aliphatic rings. The molecule has 116 valence electrons. The maximum atomic E-state index is 5.65. The van der Waals surface area contributed by atoms with Gasteiger partial charge in [0.25, 0.3) is 0 Å². The van der Waals surface area contributed by atoms with Gasteiger partial charge in [0.05, 0.1) is 0 Å². The summed E-state index contributed by atoms with van der Waals surface area (Å²) in [7, 11) is 1.87. The number of likely N-dealkylation sites (tertiary alicyclic amines) is 1. The van der Waals surface area contributed by atoms with Gasteiger partial charge in [0, 0.05) is 44.3 Å². The summed E-state index contributed by atoms with van der Waals surface area (Å²) in [6.45, 7) is 13.1. The zero-order chi connectivity index (χ0) is 14.8. The van der Waals surface area contributed by atoms with E-state index in [-0.39, 0.29) is 5.54 Å². The van der Waals surface area contributed by atoms with E-state index in [1.807, 2.05) is 7.05 Å². The predicted molar refractivity (Wildman–Crippen MR) is 84.1 cm³/mol. The number of ether oxygens (including phenoxy) is 1. The van der Waals surface area contributed by atoms with Gasteiger partial charge in [0.2, 0.25) is 0 Å². The van der Waals surface area contributed by atoms with Crippen LogP contribution >= 0.6 is 0 Å². The number of rotatable bonds is 6. The fourth-order valence-electron chi connectivity index (χ4n) is 2.60. The van der Waals surface area contributed by atoms with Gasteiger partial charge in [0.1, 0.15) is 0 Å². The Morgan fingerprint density at radius 2 is 2.00 bits per heavy atom. The lowest BCUT2D eigenvalue weighted by atomic mass is 9.65. The van der Waals surface area contributed by atoms with Crippen LogP contribution in [0.1, 0.15) is 47.0 Å². The van der Waals surface area contributed by atoms with Crippen molar-refractivity contribution in [1.82, 2.24) is 10.2 Å². The molecule has 0 amide bonds. The Hall–Kier alpha value is -0.770. The summed E-state index contributed by atoms with van der Waals surface area (Å²) in [5.41, 5.74) is 0.509. The molecule has 2 fully saturated rings. The summed E-state index contributed by atoms with van der Waals surface area (Å²) in [6, 6.07) is 0. The first-order valence-electron chi connectivity index (χ1n) is 7.94. The molecule has 20 heavy (non-hydrogen) atoms. The molecular weight excluding hydrogens is 250 g/mol. The zero-order valence-corrected chi connectivity index (χ0v) is 13.8. The average molecular weight is 281 g/mol. The lowest BCUT2D eigenvalue weighted by Gasteiger charge is -2.62. The van der Waals surface area contributed by atoms with Crippen molar-refractivity contribution >= 4 is 5.96 Å². The molecule has 0 atom stereocenters. The highest BCUT2D eigenvalue weighted by molar-refractivity contribution is 5.81. The maximum Gasteiger partial charge on any atom is 0.194 e. The molecule has 1 saturated heterocycles. The molecule has 1 saturated carbocycles. The summed E-state index contributed by atoms with van der Waals surface area (Å²) < 4.78 is 5.65. The zero-order valence-electron chi connectivity index (χ0n) is 13.8. The molecule has 0 bridgehead atoms. The van der Waals surface area contributed by atoms with Gasteiger partial charge in [0.15, 0.2) is 5.96 Å². The fourth-order valence-corrected chi connectivity index (χ4v) is 2.60. The predicted octanol–water partition coefficient (Wildman–Crippen LogP) is 2.50. The molecule has 4 nitrogen and oxygen atoms in total. The quantitative estimate of drug-likeness (QED) is 0.462. The van der Waals surface area contributed by atoms with Crippen LogP contribution in [0.4, 0.5) is 0 Å². The fraction of sp³-hybridized carbons (Fsp3) is 0.938. The van der Waals surface area contributed by atoms with E-state index in [1.165, 1.54) is 12.8 Å². The van der Waals surface area contributed by atoms with Gasteiger partial charge < -0.3 is 15.0 Å². The van der Waals surface area contributed by atoms with Crippen molar-refractivity contribution in [2.75, 3.05) is 33.4 Å². The summed E-state index contributed by atoms with van der Waals surface area (Å²) in [5, 5.41) is 3.46. The molecular formula is C16H31N3O. The molecule has 1 aliphatic carbocycles. The summed E-state index contributed by atoms with van der Waals surface area (Å²) in [4.78, 5) is 6.79. The van der Waals surface area contributed by atoms with Crippen molar-refractivity contribution in [3.63, 3.8) is 0 Å². The van der Waals surface area contributed by atoms with Crippen LogP contribution in [0.2, 0.25) is 0 Å². The van der Waals surface area contributed by atoms with Crippen molar-refractivity contribution in [3.8, 4) is 0 Å². The standard InChI is InChI=1S/C16H31N3O/c1-15(2)12-19(16(15,3)4)14(17-5)18-9-6-10-20-11-13-7-8-13/h13H,6-12H2,1-5H3,(H,17,18). The minimum atomic E-state index is 0.164. The highest BCUT2D eigenvalue weighted by atomic mass is 16.5. The highest BCUT2D eigenvalue weighted by Crippen LogP contribution is 2.46. The van der Waals surface area contributed by atoms with E-state index in [0.29, 0.717) is 5.41 Å². The van der Waals surface area contributed by atoms with Gasteiger partial charge in [-0.2, -0.15) is 0 Å². The third kappa shape index (κ3) is 3.27. The number of guanidine groups is 1. The first-order valence-corrected chi connectivity index (χ1v) is 7.94. The van der Waals surface area contributed by atoms with E-state index in [4.69, 9.17) is 4.74 Å². The maximum absolute atomic E-state index is 5.65. The topological polar surface area (TPSA) is 36.9 Å². The van der Waals surface area contributed by atoms with Crippen LogP contribution in [0.5, 0.6) is 0 Å². The van der Waals surface area contributed by atoms with Gasteiger partial charge >= 0.3 is 0 Å². The van der Waals surface area contributed by atoms with Crippen molar-refractivity contribution in [2.24, 2.45) is 16.3 Å². The van der Waals surface area contributed by atoms with Crippen molar-refractivity contribution in [3.05, 3.63) is 0 Å². The third-order valence-corrected chi connectivity index (χ3v) is 5.15. The van der Waals surface area contributed by atoms with Gasteiger partial charge in [-0.3, -0.25) is 4.99 Å². The second-order valence-corrected chi connectivity index (χ2v) is 7.37. The number of nitrogens with zero attached hydrogens (tertiary/aromatic N) is 2. The Labute approximate surface area is 124 Å². The summed E-state index contributed by atoms with van der Waals surface area (Å²) >= 11 is 0. The first-order chi connectivity index (χ1) is 9.38. The van der Waals surface area contributed by atoms with Crippen molar-refractivity contribution in [2.45, 2.75) is 52.5 Å². The monoisotopic (exact) mass is 281 g/mol. The van der Waals surface area contributed by atoms with Gasteiger partial charge in [-0.05, 0) is 39.0 Å². The smallest absolute Gasteiger partial charge is 0.194 e. The second-order valence-electron chi connectivity index (χ2n) is 7.37. The Morgan fingerprint density at radius 3 is 2.50 bits per heavy atom. The minimum Gasteiger partial charge on any atom is -0.381 e. The van der Waals surface area contributed by atoms with Crippen LogP contribution in [0, 0.1) is 11.3 Å². The molecule has 1 heterocycles. The first kappa shape index (κ1) is 15.6. The Morgan fingerprint density at radius 1 is 1.30 bits per heavy atom. The normalized spacial score (nSPS) is 24.4. The van der Waals surface area contributed by atoms with E-state index in [0.717, 1.165) is 44.6 Å². The van der Waals surface area contributed by atoms with Gasteiger partial charge in [-0.25, -0.2) is 0 Å². The lowest BCUT2D eigenvalue weighted by Crippen LogP contribution is -2.72. The molecule has 0 aromatic carbocycles. The highest BCUT2D eigenvalue weighted by Gasteiger charge is 2.53. The Balaban J connectivity index is 1.65. The van der Waals surface area contributed by atoms with Crippen LogP contribution < -0.4 is 5.32 Å². The van der Waals surface area contributed by atoms with E-state index in [2.05, 4.69) is 42.9 Å². The Bertz CT molecular complexity index is 359. The molecule has 4 heteroatoms. The molecule has 1 N–H and O–H groups in total.